The lowest BCUT2D eigenvalue weighted by atomic mass is 9.99. The van der Waals surface area contributed by atoms with Crippen LogP contribution in [0.5, 0.6) is 0 Å². The van der Waals surface area contributed by atoms with Gasteiger partial charge in [-0.3, -0.25) is 19.5 Å². The summed E-state index contributed by atoms with van der Waals surface area (Å²) < 4.78 is 0. The van der Waals surface area contributed by atoms with Crippen LogP contribution >= 0.6 is 24.0 Å². The van der Waals surface area contributed by atoms with Crippen LogP contribution in [0.2, 0.25) is 0 Å². The van der Waals surface area contributed by atoms with E-state index in [1.165, 1.54) is 30.8 Å². The Labute approximate surface area is 203 Å². The summed E-state index contributed by atoms with van der Waals surface area (Å²) in [7, 11) is 1.78. The summed E-state index contributed by atoms with van der Waals surface area (Å²) >= 11 is 0. The molecule has 172 valence electrons. The molecule has 2 N–H and O–H groups in total. The Morgan fingerprint density at radius 3 is 2.13 bits per heavy atom. The number of halogens is 1. The number of carbonyl (C=O) groups is 2. The van der Waals surface area contributed by atoms with E-state index in [-0.39, 0.29) is 35.8 Å². The normalized spacial score (nSPS) is 17.5. The predicted octanol–water partition coefficient (Wildman–Crippen LogP) is 2.97. The van der Waals surface area contributed by atoms with Gasteiger partial charge in [0.2, 0.25) is 0 Å². The van der Waals surface area contributed by atoms with Gasteiger partial charge in [-0.05, 0) is 69.8 Å². The molecule has 0 bridgehead atoms. The highest BCUT2D eigenvalue weighted by Crippen LogP contribution is 2.22. The average molecular weight is 541 g/mol. The summed E-state index contributed by atoms with van der Waals surface area (Å²) in [4.78, 5) is 32.9. The third kappa shape index (κ3) is 7.17. The van der Waals surface area contributed by atoms with Crippen molar-refractivity contribution in [2.75, 3.05) is 46.3 Å². The van der Waals surface area contributed by atoms with Gasteiger partial charge >= 0.3 is 0 Å². The minimum Gasteiger partial charge on any atom is -0.356 e. The number of imide groups is 1. The molecule has 0 saturated carbocycles. The van der Waals surface area contributed by atoms with Crippen LogP contribution in [-0.2, 0) is 0 Å². The molecule has 2 aliphatic heterocycles. The van der Waals surface area contributed by atoms with Crippen LogP contribution in [0.4, 0.5) is 0 Å². The Balaban J connectivity index is 0.00000341. The van der Waals surface area contributed by atoms with Gasteiger partial charge in [-0.2, -0.15) is 0 Å². The molecule has 7 nitrogen and oxygen atoms in total. The van der Waals surface area contributed by atoms with Crippen LogP contribution in [-0.4, -0.2) is 73.9 Å². The van der Waals surface area contributed by atoms with E-state index in [0.717, 1.165) is 50.8 Å². The maximum absolute atomic E-state index is 12.4. The van der Waals surface area contributed by atoms with E-state index >= 15 is 0 Å². The molecule has 0 aromatic heterocycles. The summed E-state index contributed by atoms with van der Waals surface area (Å²) in [6, 6.07) is 7.03. The van der Waals surface area contributed by atoms with Crippen LogP contribution in [0.25, 0.3) is 0 Å². The first kappa shape index (κ1) is 25.6. The van der Waals surface area contributed by atoms with Crippen molar-refractivity contribution in [2.45, 2.75) is 39.0 Å². The topological polar surface area (TPSA) is 77.0 Å². The van der Waals surface area contributed by atoms with Crippen LogP contribution in [0, 0.1) is 5.92 Å². The van der Waals surface area contributed by atoms with Gasteiger partial charge in [-0.15, -0.1) is 24.0 Å². The smallest absolute Gasteiger partial charge is 0.261 e. The minimum absolute atomic E-state index is 0. The van der Waals surface area contributed by atoms with Gasteiger partial charge in [0.1, 0.15) is 0 Å². The Morgan fingerprint density at radius 1 is 0.968 bits per heavy atom. The SMILES string of the molecule is CN=C(NCCCCN1C(=O)c2ccccc2C1=O)NCCCN1CCC(C)CC1.I. The number of guanidine groups is 1. The van der Waals surface area contributed by atoms with Gasteiger partial charge in [0, 0.05) is 26.7 Å². The maximum Gasteiger partial charge on any atom is 0.261 e. The number of hydrogen-bond acceptors (Lipinski definition) is 4. The highest BCUT2D eigenvalue weighted by molar-refractivity contribution is 14.0. The summed E-state index contributed by atoms with van der Waals surface area (Å²) in [5, 5.41) is 6.68. The standard InChI is InChI=1S/C23H35N5O2.HI/c1-18-10-16-27(17-11-18)14-7-13-26-23(24-2)25-12-5-6-15-28-21(29)19-8-3-4-9-20(19)22(28)30;/h3-4,8-9,18H,5-7,10-17H2,1-2H3,(H2,24,25,26);1H. The first-order chi connectivity index (χ1) is 14.6. The molecule has 8 heteroatoms. The van der Waals surface area contributed by atoms with Crippen molar-refractivity contribution in [3.05, 3.63) is 35.4 Å². The molecule has 0 aliphatic carbocycles. The lowest BCUT2D eigenvalue weighted by molar-refractivity contribution is 0.0652. The Morgan fingerprint density at radius 2 is 1.55 bits per heavy atom. The lowest BCUT2D eigenvalue weighted by Gasteiger charge is -2.30. The predicted molar refractivity (Wildman–Crippen MR) is 135 cm³/mol. The van der Waals surface area contributed by atoms with Crippen molar-refractivity contribution in [1.29, 1.82) is 0 Å². The van der Waals surface area contributed by atoms with Crippen LogP contribution < -0.4 is 10.6 Å². The van der Waals surface area contributed by atoms with Crippen molar-refractivity contribution in [1.82, 2.24) is 20.4 Å². The van der Waals surface area contributed by atoms with Crippen molar-refractivity contribution in [3.8, 4) is 0 Å². The van der Waals surface area contributed by atoms with E-state index in [4.69, 9.17) is 0 Å². The van der Waals surface area contributed by atoms with Crippen LogP contribution in [0.15, 0.2) is 29.3 Å². The Kier molecular flexibility index (Phi) is 10.7. The molecule has 0 atom stereocenters. The van der Waals surface area contributed by atoms with E-state index in [9.17, 15) is 9.59 Å². The van der Waals surface area contributed by atoms with Crippen LogP contribution in [0.1, 0.15) is 59.7 Å². The number of carbonyl (C=O) groups excluding carboxylic acids is 2. The quantitative estimate of drug-likeness (QED) is 0.165. The van der Waals surface area contributed by atoms with E-state index in [1.807, 2.05) is 0 Å². The zero-order valence-electron chi connectivity index (χ0n) is 18.7. The lowest BCUT2D eigenvalue weighted by Crippen LogP contribution is -2.40. The largest absolute Gasteiger partial charge is 0.356 e. The number of amides is 2. The molecular weight excluding hydrogens is 505 g/mol. The molecule has 3 rings (SSSR count). The fraction of sp³-hybridized carbons (Fsp3) is 0.609. The highest BCUT2D eigenvalue weighted by Gasteiger charge is 2.34. The van der Waals surface area contributed by atoms with Gasteiger partial charge in [-0.1, -0.05) is 19.1 Å². The fourth-order valence-corrected chi connectivity index (χ4v) is 4.06. The minimum atomic E-state index is -0.177. The number of likely N-dealkylation sites (tertiary alicyclic amines) is 1. The van der Waals surface area contributed by atoms with E-state index in [0.29, 0.717) is 17.7 Å². The summed E-state index contributed by atoms with van der Waals surface area (Å²) in [5.41, 5.74) is 1.04. The molecule has 0 unspecified atom stereocenters. The average Bonchev–Trinajstić information content (AvgIpc) is 3.01. The van der Waals surface area contributed by atoms with E-state index in [2.05, 4.69) is 27.4 Å². The highest BCUT2D eigenvalue weighted by atomic mass is 127. The molecule has 2 amide bonds. The van der Waals surface area contributed by atoms with Crippen molar-refractivity contribution < 1.29 is 9.59 Å². The third-order valence-electron chi connectivity index (χ3n) is 6.02. The molecule has 31 heavy (non-hydrogen) atoms. The van der Waals surface area contributed by atoms with Gasteiger partial charge in [0.25, 0.3) is 11.8 Å². The zero-order chi connectivity index (χ0) is 21.3. The summed E-state index contributed by atoms with van der Waals surface area (Å²) in [6.45, 7) is 8.04. The third-order valence-corrected chi connectivity index (χ3v) is 6.02. The number of nitrogens with one attached hydrogen (secondary N) is 2. The zero-order valence-corrected chi connectivity index (χ0v) is 21.1. The molecule has 2 aliphatic rings. The molecule has 1 aromatic rings. The van der Waals surface area contributed by atoms with Crippen molar-refractivity contribution in [3.63, 3.8) is 0 Å². The van der Waals surface area contributed by atoms with Gasteiger partial charge in [0.15, 0.2) is 5.96 Å². The molecule has 1 saturated heterocycles. The Hall–Kier alpha value is -1.68. The summed E-state index contributed by atoms with van der Waals surface area (Å²) in [5.74, 6) is 1.33. The molecule has 2 heterocycles. The number of unbranched alkanes of at least 4 members (excludes halogenated alkanes) is 1. The molecule has 1 fully saturated rings. The fourth-order valence-electron chi connectivity index (χ4n) is 4.06. The maximum atomic E-state index is 12.4. The van der Waals surface area contributed by atoms with Gasteiger partial charge < -0.3 is 15.5 Å². The number of rotatable bonds is 9. The number of fused-ring (bicyclic) bond motifs is 1. The number of benzene rings is 1. The van der Waals surface area contributed by atoms with E-state index in [1.54, 1.807) is 31.3 Å². The number of aliphatic imine (C=N–C) groups is 1. The molecule has 0 radical (unpaired) electrons. The van der Waals surface area contributed by atoms with Crippen molar-refractivity contribution in [2.24, 2.45) is 10.9 Å². The second-order valence-electron chi connectivity index (χ2n) is 8.32. The number of piperidine rings is 1. The molecule has 0 spiro atoms. The van der Waals surface area contributed by atoms with Crippen LogP contribution in [0.3, 0.4) is 0 Å². The van der Waals surface area contributed by atoms with Gasteiger partial charge in [-0.25, -0.2) is 0 Å². The van der Waals surface area contributed by atoms with Gasteiger partial charge in [0.05, 0.1) is 11.1 Å². The van der Waals surface area contributed by atoms with Crippen molar-refractivity contribution >= 4 is 41.8 Å². The molecular formula is C23H36IN5O2. The Bertz CT molecular complexity index is 727. The summed E-state index contributed by atoms with van der Waals surface area (Å²) in [6.07, 6.45) is 5.37. The second kappa shape index (κ2) is 13.0. The number of hydrogen-bond donors (Lipinski definition) is 2. The monoisotopic (exact) mass is 541 g/mol. The first-order valence-corrected chi connectivity index (χ1v) is 11.2. The van der Waals surface area contributed by atoms with E-state index < -0.39 is 0 Å². The second-order valence-corrected chi connectivity index (χ2v) is 8.32. The number of nitrogens with zero attached hydrogens (tertiary/aromatic N) is 3. The first-order valence-electron chi connectivity index (χ1n) is 11.2. The molecule has 1 aromatic carbocycles.